The molecule has 2 fully saturated rings. The number of amides is 2. The zero-order chi connectivity index (χ0) is 18.9. The van der Waals surface area contributed by atoms with Crippen LogP contribution in [0.25, 0.3) is 0 Å². The first-order valence-electron chi connectivity index (χ1n) is 8.10. The van der Waals surface area contributed by atoms with Crippen LogP contribution in [-0.2, 0) is 19.1 Å². The Balaban J connectivity index is 1.54. The predicted molar refractivity (Wildman–Crippen MR) is 98.3 cm³/mol. The van der Waals surface area contributed by atoms with E-state index in [1.807, 2.05) is 6.92 Å². The molecule has 2 aliphatic heterocycles. The molecule has 2 aliphatic rings. The zero-order valence-electron chi connectivity index (χ0n) is 14.4. The number of benzene rings is 1. The van der Waals surface area contributed by atoms with Crippen molar-refractivity contribution in [2.24, 2.45) is 0 Å². The van der Waals surface area contributed by atoms with Crippen molar-refractivity contribution in [1.82, 2.24) is 4.90 Å². The van der Waals surface area contributed by atoms with Gasteiger partial charge in [-0.2, -0.15) is 0 Å². The average Bonchev–Trinajstić information content (AvgIpc) is 3.09. The molecule has 140 valence electrons. The quantitative estimate of drug-likeness (QED) is 0.766. The molecule has 7 nitrogen and oxygen atoms in total. The molecule has 0 saturated carbocycles. The van der Waals surface area contributed by atoms with Gasteiger partial charge in [-0.05, 0) is 31.5 Å². The van der Waals surface area contributed by atoms with Gasteiger partial charge in [-0.1, -0.05) is 11.6 Å². The Morgan fingerprint density at radius 2 is 2.23 bits per heavy atom. The van der Waals surface area contributed by atoms with Gasteiger partial charge in [-0.3, -0.25) is 9.59 Å². The number of hydrogen-bond donors (Lipinski definition) is 1. The second kappa shape index (κ2) is 7.36. The molecule has 3 rings (SSSR count). The maximum Gasteiger partial charge on any atom is 0.330 e. The minimum Gasteiger partial charge on any atom is -0.495 e. The Hall–Kier alpha value is -1.93. The molecule has 0 bridgehead atoms. The number of anilines is 1. The smallest absolute Gasteiger partial charge is 0.330 e. The number of halogens is 1. The first kappa shape index (κ1) is 18.8. The average molecular weight is 399 g/mol. The molecule has 2 amide bonds. The summed E-state index contributed by atoms with van der Waals surface area (Å²) in [5, 5.41) is 2.96. The van der Waals surface area contributed by atoms with E-state index in [1.54, 1.807) is 34.9 Å². The van der Waals surface area contributed by atoms with Gasteiger partial charge in [0.15, 0.2) is 6.61 Å². The van der Waals surface area contributed by atoms with Crippen molar-refractivity contribution in [3.8, 4) is 5.75 Å². The first-order valence-corrected chi connectivity index (χ1v) is 9.46. The number of fused-ring (bicyclic) bond motifs is 1. The van der Waals surface area contributed by atoms with Crippen LogP contribution in [0.2, 0.25) is 5.02 Å². The Morgan fingerprint density at radius 1 is 1.46 bits per heavy atom. The molecule has 2 atom stereocenters. The van der Waals surface area contributed by atoms with Gasteiger partial charge in [0.1, 0.15) is 11.8 Å². The van der Waals surface area contributed by atoms with E-state index in [2.05, 4.69) is 5.32 Å². The summed E-state index contributed by atoms with van der Waals surface area (Å²) >= 11 is 7.58. The number of rotatable bonds is 5. The monoisotopic (exact) mass is 398 g/mol. The Bertz CT molecular complexity index is 759. The number of carbonyl (C=O) groups excluding carboxylic acids is 3. The number of nitrogens with zero attached hydrogens (tertiary/aromatic N) is 1. The lowest BCUT2D eigenvalue weighted by atomic mass is 10.2. The number of esters is 1. The predicted octanol–water partition coefficient (Wildman–Crippen LogP) is 2.28. The third-order valence-corrected chi connectivity index (χ3v) is 6.30. The highest BCUT2D eigenvalue weighted by atomic mass is 35.5. The molecule has 26 heavy (non-hydrogen) atoms. The highest BCUT2D eigenvalue weighted by molar-refractivity contribution is 8.01. The Kier molecular flexibility index (Phi) is 5.34. The van der Waals surface area contributed by atoms with E-state index in [1.165, 1.54) is 7.11 Å². The SMILES string of the molecule is COc1ccc(NC(=O)COC(=O)[C@H]2CS[C@@]3(C)CCC(=O)N23)cc1Cl. The minimum atomic E-state index is -0.636. The summed E-state index contributed by atoms with van der Waals surface area (Å²) in [5.74, 6) is -0.110. The summed E-state index contributed by atoms with van der Waals surface area (Å²) in [6.07, 6.45) is 1.16. The van der Waals surface area contributed by atoms with Crippen LogP contribution in [0, 0.1) is 0 Å². The lowest BCUT2D eigenvalue weighted by Gasteiger charge is -2.29. The molecule has 9 heteroatoms. The van der Waals surface area contributed by atoms with Crippen LogP contribution in [0.15, 0.2) is 18.2 Å². The molecule has 2 heterocycles. The molecule has 0 unspecified atom stereocenters. The summed E-state index contributed by atoms with van der Waals surface area (Å²) in [5.41, 5.74) is 0.468. The standard InChI is InChI=1S/C17H19ClN2O5S/c1-17-6-5-15(22)20(17)12(9-26-17)16(23)25-8-14(21)19-10-3-4-13(24-2)11(18)7-10/h3-4,7,12H,5-6,8-9H2,1-2H3,(H,19,21)/t12-,17+/m1/s1. The maximum atomic E-state index is 12.3. The molecule has 1 N–H and O–H groups in total. The highest BCUT2D eigenvalue weighted by Gasteiger charge is 2.53. The third-order valence-electron chi connectivity index (χ3n) is 4.50. The molecule has 0 aliphatic carbocycles. The summed E-state index contributed by atoms with van der Waals surface area (Å²) in [6.45, 7) is 1.53. The van der Waals surface area contributed by atoms with Crippen molar-refractivity contribution >= 4 is 46.8 Å². The van der Waals surface area contributed by atoms with Crippen molar-refractivity contribution in [2.45, 2.75) is 30.7 Å². The normalized spacial score (nSPS) is 24.3. The van der Waals surface area contributed by atoms with E-state index in [0.29, 0.717) is 28.6 Å². The minimum absolute atomic E-state index is 0.0447. The van der Waals surface area contributed by atoms with Crippen molar-refractivity contribution in [2.75, 3.05) is 24.8 Å². The maximum absolute atomic E-state index is 12.3. The zero-order valence-corrected chi connectivity index (χ0v) is 16.0. The van der Waals surface area contributed by atoms with Gasteiger partial charge < -0.3 is 19.7 Å². The Morgan fingerprint density at radius 3 is 2.92 bits per heavy atom. The molecular formula is C17H19ClN2O5S. The number of hydrogen-bond acceptors (Lipinski definition) is 6. The second-order valence-corrected chi connectivity index (χ2v) is 8.18. The molecule has 1 aromatic rings. The lowest BCUT2D eigenvalue weighted by Crippen LogP contribution is -2.47. The van der Waals surface area contributed by atoms with Crippen LogP contribution < -0.4 is 10.1 Å². The molecule has 0 aromatic heterocycles. The van der Waals surface area contributed by atoms with Crippen molar-refractivity contribution in [3.05, 3.63) is 23.2 Å². The van der Waals surface area contributed by atoms with Crippen LogP contribution in [0.3, 0.4) is 0 Å². The van der Waals surface area contributed by atoms with Gasteiger partial charge in [0.25, 0.3) is 5.91 Å². The van der Waals surface area contributed by atoms with Gasteiger partial charge in [0.2, 0.25) is 5.91 Å². The summed E-state index contributed by atoms with van der Waals surface area (Å²) in [7, 11) is 1.50. The van der Waals surface area contributed by atoms with Gasteiger partial charge in [0.05, 0.1) is 17.0 Å². The number of nitrogens with one attached hydrogen (secondary N) is 1. The summed E-state index contributed by atoms with van der Waals surface area (Å²) < 4.78 is 10.2. The van der Waals surface area contributed by atoms with Crippen LogP contribution in [0.5, 0.6) is 5.75 Å². The van der Waals surface area contributed by atoms with Crippen molar-refractivity contribution in [3.63, 3.8) is 0 Å². The first-order chi connectivity index (χ1) is 12.3. The number of methoxy groups -OCH3 is 1. The van der Waals surface area contributed by atoms with Gasteiger partial charge in [0, 0.05) is 17.9 Å². The van der Waals surface area contributed by atoms with Crippen molar-refractivity contribution in [1.29, 1.82) is 0 Å². The van der Waals surface area contributed by atoms with E-state index in [0.717, 1.165) is 6.42 Å². The number of ether oxygens (including phenoxy) is 2. The summed E-state index contributed by atoms with van der Waals surface area (Å²) in [6, 6.07) is 4.16. The lowest BCUT2D eigenvalue weighted by molar-refractivity contribution is -0.155. The van der Waals surface area contributed by atoms with Gasteiger partial charge >= 0.3 is 5.97 Å². The number of carbonyl (C=O) groups is 3. The fraction of sp³-hybridized carbons (Fsp3) is 0.471. The molecule has 2 saturated heterocycles. The van der Waals surface area contributed by atoms with Crippen LogP contribution in [-0.4, -0.2) is 53.1 Å². The van der Waals surface area contributed by atoms with E-state index in [-0.39, 0.29) is 10.8 Å². The van der Waals surface area contributed by atoms with Gasteiger partial charge in [-0.25, -0.2) is 4.79 Å². The topological polar surface area (TPSA) is 84.9 Å². The van der Waals surface area contributed by atoms with Gasteiger partial charge in [-0.15, -0.1) is 11.8 Å². The van der Waals surface area contributed by atoms with Crippen molar-refractivity contribution < 1.29 is 23.9 Å². The Labute approximate surface area is 160 Å². The summed E-state index contributed by atoms with van der Waals surface area (Å²) in [4.78, 5) is 37.6. The van der Waals surface area contributed by atoms with Crippen LogP contribution in [0.4, 0.5) is 5.69 Å². The van der Waals surface area contributed by atoms with Crippen LogP contribution >= 0.6 is 23.4 Å². The largest absolute Gasteiger partial charge is 0.495 e. The molecular weight excluding hydrogens is 380 g/mol. The molecule has 0 spiro atoms. The second-order valence-electron chi connectivity index (χ2n) is 6.27. The molecule has 1 aromatic carbocycles. The third kappa shape index (κ3) is 3.61. The van der Waals surface area contributed by atoms with E-state index >= 15 is 0 Å². The van der Waals surface area contributed by atoms with Crippen LogP contribution in [0.1, 0.15) is 19.8 Å². The van der Waals surface area contributed by atoms with E-state index in [4.69, 9.17) is 21.1 Å². The fourth-order valence-corrected chi connectivity index (χ4v) is 4.84. The fourth-order valence-electron chi connectivity index (χ4n) is 3.17. The molecule has 0 radical (unpaired) electrons. The van der Waals surface area contributed by atoms with E-state index in [9.17, 15) is 14.4 Å². The number of thioether (sulfide) groups is 1. The van der Waals surface area contributed by atoms with E-state index < -0.39 is 24.5 Å². The highest BCUT2D eigenvalue weighted by Crippen LogP contribution is 2.47.